The molecule has 3 aromatic rings. The van der Waals surface area contributed by atoms with E-state index < -0.39 is 23.4 Å². The number of aromatic nitrogens is 2. The number of imide groups is 1. The molecule has 0 spiro atoms. The molecule has 2 aromatic carbocycles. The highest BCUT2D eigenvalue weighted by Crippen LogP contribution is 2.29. The zero-order valence-electron chi connectivity index (χ0n) is 16.3. The number of benzene rings is 2. The SMILES string of the molecule is Cn1nccc1C1(CNC(=O)c2ccc(Cl)cc2-c2ccc(Cl)cc2)NC(=O)NC1=O. The molecule has 0 radical (unpaired) electrons. The second-order valence-corrected chi connectivity index (χ2v) is 7.91. The molecule has 8 nitrogen and oxygen atoms in total. The summed E-state index contributed by atoms with van der Waals surface area (Å²) in [6, 6.07) is 12.9. The summed E-state index contributed by atoms with van der Waals surface area (Å²) in [7, 11) is 1.65. The summed E-state index contributed by atoms with van der Waals surface area (Å²) in [5, 5.41) is 12.7. The number of amides is 4. The second kappa shape index (κ2) is 8.05. The van der Waals surface area contributed by atoms with Gasteiger partial charge in [-0.2, -0.15) is 5.10 Å². The first-order valence-electron chi connectivity index (χ1n) is 9.26. The van der Waals surface area contributed by atoms with Crippen molar-refractivity contribution in [1.82, 2.24) is 25.7 Å². The Morgan fingerprint density at radius 1 is 1.10 bits per heavy atom. The molecule has 3 N–H and O–H groups in total. The van der Waals surface area contributed by atoms with Crippen LogP contribution in [-0.2, 0) is 17.4 Å². The monoisotopic (exact) mass is 457 g/mol. The summed E-state index contributed by atoms with van der Waals surface area (Å²) in [6.45, 7) is -0.175. The molecular weight excluding hydrogens is 441 g/mol. The Bertz CT molecular complexity index is 1190. The number of aryl methyl sites for hydroxylation is 1. The third-order valence-corrected chi connectivity index (χ3v) is 5.58. The maximum Gasteiger partial charge on any atom is 0.322 e. The van der Waals surface area contributed by atoms with Crippen molar-refractivity contribution in [3.8, 4) is 11.1 Å². The highest BCUT2D eigenvalue weighted by Gasteiger charge is 2.49. The molecule has 10 heteroatoms. The lowest BCUT2D eigenvalue weighted by molar-refractivity contribution is -0.124. The fraction of sp³-hybridized carbons (Fsp3) is 0.143. The van der Waals surface area contributed by atoms with Crippen LogP contribution in [0.5, 0.6) is 0 Å². The Balaban J connectivity index is 1.66. The molecule has 1 fully saturated rings. The summed E-state index contributed by atoms with van der Waals surface area (Å²) in [5.41, 5.74) is 0.675. The molecule has 31 heavy (non-hydrogen) atoms. The Morgan fingerprint density at radius 2 is 1.81 bits per heavy atom. The first-order chi connectivity index (χ1) is 14.8. The lowest BCUT2D eigenvalue weighted by Crippen LogP contribution is -2.53. The van der Waals surface area contributed by atoms with Crippen LogP contribution in [0.25, 0.3) is 11.1 Å². The van der Waals surface area contributed by atoms with E-state index in [2.05, 4.69) is 21.0 Å². The van der Waals surface area contributed by atoms with Crippen LogP contribution in [-0.4, -0.2) is 34.2 Å². The van der Waals surface area contributed by atoms with Gasteiger partial charge in [0.15, 0.2) is 5.54 Å². The zero-order chi connectivity index (χ0) is 22.2. The highest BCUT2D eigenvalue weighted by molar-refractivity contribution is 6.31. The average molecular weight is 458 g/mol. The molecule has 2 heterocycles. The fourth-order valence-electron chi connectivity index (χ4n) is 3.57. The van der Waals surface area contributed by atoms with Gasteiger partial charge in [0.05, 0.1) is 12.2 Å². The van der Waals surface area contributed by atoms with Crippen molar-refractivity contribution >= 4 is 41.0 Å². The number of rotatable bonds is 5. The van der Waals surface area contributed by atoms with Crippen molar-refractivity contribution in [2.75, 3.05) is 6.54 Å². The van der Waals surface area contributed by atoms with Gasteiger partial charge in [-0.25, -0.2) is 4.79 Å². The van der Waals surface area contributed by atoms with Crippen molar-refractivity contribution < 1.29 is 14.4 Å². The number of nitrogens with one attached hydrogen (secondary N) is 3. The standard InChI is InChI=1S/C21H17Cl2N5O3/c1-28-17(8-9-25-28)21(19(30)26-20(31)27-21)11-24-18(29)15-7-6-14(23)10-16(15)12-2-4-13(22)5-3-12/h2-10H,11H2,1H3,(H,24,29)(H2,26,27,30,31). The van der Waals surface area contributed by atoms with E-state index in [-0.39, 0.29) is 6.54 Å². The summed E-state index contributed by atoms with van der Waals surface area (Å²) < 4.78 is 1.47. The van der Waals surface area contributed by atoms with E-state index >= 15 is 0 Å². The molecule has 1 aliphatic rings. The lowest BCUT2D eigenvalue weighted by Gasteiger charge is -2.26. The number of nitrogens with zero attached hydrogens (tertiary/aromatic N) is 2. The molecule has 0 saturated carbocycles. The molecule has 4 amide bonds. The lowest BCUT2D eigenvalue weighted by atomic mass is 9.94. The van der Waals surface area contributed by atoms with E-state index in [0.29, 0.717) is 26.9 Å². The number of hydrogen-bond donors (Lipinski definition) is 3. The first-order valence-corrected chi connectivity index (χ1v) is 10.0. The van der Waals surface area contributed by atoms with E-state index in [1.807, 2.05) is 0 Å². The summed E-state index contributed by atoms with van der Waals surface area (Å²) in [4.78, 5) is 37.6. The molecule has 0 aliphatic carbocycles. The van der Waals surface area contributed by atoms with Gasteiger partial charge >= 0.3 is 6.03 Å². The van der Waals surface area contributed by atoms with Gasteiger partial charge in [0.1, 0.15) is 0 Å². The average Bonchev–Trinajstić information content (AvgIpc) is 3.29. The van der Waals surface area contributed by atoms with E-state index in [9.17, 15) is 14.4 Å². The number of hydrogen-bond acceptors (Lipinski definition) is 4. The largest absolute Gasteiger partial charge is 0.349 e. The van der Waals surface area contributed by atoms with Crippen LogP contribution in [0.3, 0.4) is 0 Å². The van der Waals surface area contributed by atoms with E-state index in [4.69, 9.17) is 23.2 Å². The summed E-state index contributed by atoms with van der Waals surface area (Å²) >= 11 is 12.1. The van der Waals surface area contributed by atoms with Crippen molar-refractivity contribution in [2.24, 2.45) is 7.05 Å². The van der Waals surface area contributed by atoms with Gasteiger partial charge in [-0.1, -0.05) is 35.3 Å². The summed E-state index contributed by atoms with van der Waals surface area (Å²) in [6.07, 6.45) is 1.51. The van der Waals surface area contributed by atoms with Crippen LogP contribution >= 0.6 is 23.2 Å². The molecule has 1 aromatic heterocycles. The normalized spacial score (nSPS) is 17.9. The van der Waals surface area contributed by atoms with Crippen LogP contribution in [0.15, 0.2) is 54.7 Å². The van der Waals surface area contributed by atoms with E-state index in [1.54, 1.807) is 55.6 Å². The van der Waals surface area contributed by atoms with Crippen LogP contribution in [0.1, 0.15) is 16.1 Å². The van der Waals surface area contributed by atoms with Crippen molar-refractivity contribution in [3.63, 3.8) is 0 Å². The molecule has 1 unspecified atom stereocenters. The molecular formula is C21H17Cl2N5O3. The zero-order valence-corrected chi connectivity index (χ0v) is 17.8. The number of carbonyl (C=O) groups excluding carboxylic acids is 3. The van der Waals surface area contributed by atoms with Gasteiger partial charge in [-0.15, -0.1) is 0 Å². The van der Waals surface area contributed by atoms with Crippen LogP contribution < -0.4 is 16.0 Å². The fourth-order valence-corrected chi connectivity index (χ4v) is 3.87. The smallest absolute Gasteiger partial charge is 0.322 e. The van der Waals surface area contributed by atoms with Crippen LogP contribution in [0.2, 0.25) is 10.0 Å². The van der Waals surface area contributed by atoms with Gasteiger partial charge in [0, 0.05) is 28.9 Å². The van der Waals surface area contributed by atoms with E-state index in [0.717, 1.165) is 5.56 Å². The van der Waals surface area contributed by atoms with Gasteiger partial charge in [-0.3, -0.25) is 19.6 Å². The quantitative estimate of drug-likeness (QED) is 0.512. The number of halogens is 2. The maximum absolute atomic E-state index is 13.1. The molecule has 4 rings (SSSR count). The highest BCUT2D eigenvalue weighted by atomic mass is 35.5. The maximum atomic E-state index is 13.1. The third kappa shape index (κ3) is 3.87. The predicted octanol–water partition coefficient (Wildman–Crippen LogP) is 2.86. The predicted molar refractivity (Wildman–Crippen MR) is 116 cm³/mol. The third-order valence-electron chi connectivity index (χ3n) is 5.10. The Kier molecular flexibility index (Phi) is 5.43. The van der Waals surface area contributed by atoms with Gasteiger partial charge in [0.2, 0.25) is 0 Å². The summed E-state index contributed by atoms with van der Waals surface area (Å²) in [5.74, 6) is -1.01. The first kappa shape index (κ1) is 20.9. The minimum Gasteiger partial charge on any atom is -0.349 e. The molecule has 158 valence electrons. The Labute approximate surface area is 187 Å². The van der Waals surface area contributed by atoms with Crippen LogP contribution in [0, 0.1) is 0 Å². The molecule has 1 atom stereocenters. The van der Waals surface area contributed by atoms with Crippen molar-refractivity contribution in [3.05, 3.63) is 76.0 Å². The second-order valence-electron chi connectivity index (χ2n) is 7.03. The molecule has 1 aliphatic heterocycles. The minimum atomic E-state index is -1.48. The van der Waals surface area contributed by atoms with Gasteiger partial charge < -0.3 is 10.6 Å². The minimum absolute atomic E-state index is 0.175. The topological polar surface area (TPSA) is 105 Å². The molecule has 1 saturated heterocycles. The van der Waals surface area contributed by atoms with Gasteiger partial charge in [0.25, 0.3) is 11.8 Å². The van der Waals surface area contributed by atoms with E-state index in [1.165, 1.54) is 10.9 Å². The number of carbonyl (C=O) groups is 3. The van der Waals surface area contributed by atoms with Gasteiger partial charge in [-0.05, 0) is 47.5 Å². The van der Waals surface area contributed by atoms with Crippen molar-refractivity contribution in [1.29, 1.82) is 0 Å². The Morgan fingerprint density at radius 3 is 2.42 bits per heavy atom. The van der Waals surface area contributed by atoms with Crippen LogP contribution in [0.4, 0.5) is 4.79 Å². The molecule has 0 bridgehead atoms. The Hall–Kier alpha value is -3.36. The number of urea groups is 1. The van der Waals surface area contributed by atoms with Crippen molar-refractivity contribution in [2.45, 2.75) is 5.54 Å².